The maximum absolute atomic E-state index is 11.1. The van der Waals surface area contributed by atoms with Crippen LogP contribution in [-0.2, 0) is 4.79 Å². The molecule has 0 bridgehead atoms. The van der Waals surface area contributed by atoms with Crippen molar-refractivity contribution in [1.29, 1.82) is 0 Å². The third-order valence-corrected chi connectivity index (χ3v) is 1.94. The van der Waals surface area contributed by atoms with Crippen LogP contribution in [-0.4, -0.2) is 5.78 Å². The monoisotopic (exact) mass is 169 g/mol. The molecule has 0 atom stereocenters. The van der Waals surface area contributed by atoms with Gasteiger partial charge in [0.05, 0.1) is 0 Å². The maximum atomic E-state index is 11.1. The second-order valence-electron chi connectivity index (χ2n) is 3.27. The minimum atomic E-state index is 0.341. The Morgan fingerprint density at radius 2 is 1.83 bits per heavy atom. The molecule has 0 fully saturated rings. The lowest BCUT2D eigenvalue weighted by molar-refractivity contribution is -0.116. The summed E-state index contributed by atoms with van der Waals surface area (Å²) in [5.41, 5.74) is 0. The Hall–Kier alpha value is -0.330. The van der Waals surface area contributed by atoms with E-state index in [1.165, 1.54) is 19.3 Å². The molecule has 71 valence electrons. The first kappa shape index (κ1) is 11.7. The SMILES string of the molecule is CCC[CH]C(=O)CCCCCC. The predicted octanol–water partition coefficient (Wildman–Crippen LogP) is 3.53. The molecule has 1 heteroatoms. The summed E-state index contributed by atoms with van der Waals surface area (Å²) in [5, 5.41) is 0. The van der Waals surface area contributed by atoms with E-state index in [0.29, 0.717) is 5.78 Å². The topological polar surface area (TPSA) is 17.1 Å². The fourth-order valence-electron chi connectivity index (χ4n) is 1.13. The summed E-state index contributed by atoms with van der Waals surface area (Å²) in [5.74, 6) is 0.341. The van der Waals surface area contributed by atoms with E-state index < -0.39 is 0 Å². The number of unbranched alkanes of at least 4 members (excludes halogenated alkanes) is 4. The Labute approximate surface area is 76.6 Å². The highest BCUT2D eigenvalue weighted by Crippen LogP contribution is 2.05. The molecule has 0 saturated carbocycles. The Balaban J connectivity index is 3.08. The fraction of sp³-hybridized carbons (Fsp3) is 0.818. The van der Waals surface area contributed by atoms with Crippen LogP contribution < -0.4 is 0 Å². The van der Waals surface area contributed by atoms with Crippen molar-refractivity contribution >= 4 is 5.78 Å². The van der Waals surface area contributed by atoms with E-state index in [4.69, 9.17) is 0 Å². The molecule has 0 heterocycles. The van der Waals surface area contributed by atoms with E-state index in [0.717, 1.165) is 25.7 Å². The highest BCUT2D eigenvalue weighted by atomic mass is 16.1. The maximum Gasteiger partial charge on any atom is 0.136 e. The molecule has 0 aliphatic rings. The summed E-state index contributed by atoms with van der Waals surface area (Å²) in [6.07, 6.45) is 9.43. The molecule has 0 aliphatic carbocycles. The lowest BCUT2D eigenvalue weighted by Crippen LogP contribution is -1.97. The van der Waals surface area contributed by atoms with Crippen molar-refractivity contribution in [2.24, 2.45) is 0 Å². The molecule has 0 rings (SSSR count). The van der Waals surface area contributed by atoms with Crippen molar-refractivity contribution in [1.82, 2.24) is 0 Å². The van der Waals surface area contributed by atoms with Crippen molar-refractivity contribution in [3.05, 3.63) is 6.42 Å². The molecule has 0 aromatic carbocycles. The largest absolute Gasteiger partial charge is 0.299 e. The molecule has 0 aromatic rings. The summed E-state index contributed by atoms with van der Waals surface area (Å²) in [6.45, 7) is 4.28. The van der Waals surface area contributed by atoms with Crippen molar-refractivity contribution < 1.29 is 4.79 Å². The number of carbonyl (C=O) groups excluding carboxylic acids is 1. The molecule has 0 aromatic heterocycles. The second kappa shape index (κ2) is 8.76. The summed E-state index contributed by atoms with van der Waals surface area (Å²) in [4.78, 5) is 11.1. The number of hydrogen-bond acceptors (Lipinski definition) is 1. The van der Waals surface area contributed by atoms with Crippen molar-refractivity contribution in [2.75, 3.05) is 0 Å². The third kappa shape index (κ3) is 7.77. The minimum Gasteiger partial charge on any atom is -0.299 e. The molecule has 0 N–H and O–H groups in total. The number of rotatable bonds is 8. The first-order valence-electron chi connectivity index (χ1n) is 5.17. The first-order chi connectivity index (χ1) is 5.81. The zero-order chi connectivity index (χ0) is 9.23. The fourth-order valence-corrected chi connectivity index (χ4v) is 1.13. The number of hydrogen-bond donors (Lipinski definition) is 0. The van der Waals surface area contributed by atoms with Crippen LogP contribution >= 0.6 is 0 Å². The Kier molecular flexibility index (Phi) is 8.52. The molecule has 1 radical (unpaired) electrons. The van der Waals surface area contributed by atoms with Gasteiger partial charge in [-0.1, -0.05) is 39.5 Å². The molecule has 12 heavy (non-hydrogen) atoms. The van der Waals surface area contributed by atoms with E-state index in [2.05, 4.69) is 13.8 Å². The van der Waals surface area contributed by atoms with E-state index in [1.807, 2.05) is 6.42 Å². The highest BCUT2D eigenvalue weighted by molar-refractivity contribution is 5.86. The average molecular weight is 169 g/mol. The van der Waals surface area contributed by atoms with Crippen LogP contribution in [0.15, 0.2) is 0 Å². The zero-order valence-corrected chi connectivity index (χ0v) is 8.44. The standard InChI is InChI=1S/C11H21O/c1-3-5-7-8-10-11(12)9-6-4-2/h9H,3-8,10H2,1-2H3. The predicted molar refractivity (Wildman–Crippen MR) is 53.0 cm³/mol. The van der Waals surface area contributed by atoms with Gasteiger partial charge in [-0.3, -0.25) is 4.79 Å². The molecule has 0 spiro atoms. The van der Waals surface area contributed by atoms with E-state index in [-0.39, 0.29) is 0 Å². The van der Waals surface area contributed by atoms with Gasteiger partial charge in [-0.2, -0.15) is 0 Å². The number of ketones is 1. The van der Waals surface area contributed by atoms with E-state index in [1.54, 1.807) is 0 Å². The average Bonchev–Trinajstić information content (AvgIpc) is 2.09. The Morgan fingerprint density at radius 1 is 1.08 bits per heavy atom. The van der Waals surface area contributed by atoms with Gasteiger partial charge in [0.15, 0.2) is 0 Å². The van der Waals surface area contributed by atoms with Crippen LogP contribution in [0.25, 0.3) is 0 Å². The van der Waals surface area contributed by atoms with Gasteiger partial charge in [-0.05, 0) is 12.8 Å². The Morgan fingerprint density at radius 3 is 2.42 bits per heavy atom. The Bertz CT molecular complexity index is 108. The smallest absolute Gasteiger partial charge is 0.136 e. The van der Waals surface area contributed by atoms with Gasteiger partial charge in [0, 0.05) is 12.8 Å². The van der Waals surface area contributed by atoms with Crippen LogP contribution in [0, 0.1) is 6.42 Å². The molecule has 0 saturated heterocycles. The quantitative estimate of drug-likeness (QED) is 0.508. The summed E-state index contributed by atoms with van der Waals surface area (Å²) < 4.78 is 0. The lowest BCUT2D eigenvalue weighted by atomic mass is 10.1. The summed E-state index contributed by atoms with van der Waals surface area (Å²) >= 11 is 0. The van der Waals surface area contributed by atoms with Crippen molar-refractivity contribution in [3.8, 4) is 0 Å². The van der Waals surface area contributed by atoms with E-state index >= 15 is 0 Å². The molecule has 0 aliphatic heterocycles. The van der Waals surface area contributed by atoms with Crippen LogP contribution in [0.2, 0.25) is 0 Å². The van der Waals surface area contributed by atoms with Crippen LogP contribution in [0.1, 0.15) is 58.8 Å². The van der Waals surface area contributed by atoms with Gasteiger partial charge in [0.25, 0.3) is 0 Å². The van der Waals surface area contributed by atoms with Gasteiger partial charge in [0.2, 0.25) is 0 Å². The first-order valence-corrected chi connectivity index (χ1v) is 5.17. The molecule has 0 amide bonds. The minimum absolute atomic E-state index is 0.341. The number of carbonyl (C=O) groups is 1. The second-order valence-corrected chi connectivity index (χ2v) is 3.27. The van der Waals surface area contributed by atoms with Crippen LogP contribution in [0.3, 0.4) is 0 Å². The highest BCUT2D eigenvalue weighted by Gasteiger charge is 2.00. The van der Waals surface area contributed by atoms with Gasteiger partial charge in [-0.15, -0.1) is 0 Å². The van der Waals surface area contributed by atoms with Crippen LogP contribution in [0.4, 0.5) is 0 Å². The zero-order valence-electron chi connectivity index (χ0n) is 8.44. The lowest BCUT2D eigenvalue weighted by Gasteiger charge is -1.98. The number of Topliss-reactive ketones (excluding diaryl/α,β-unsaturated/α-hetero) is 1. The van der Waals surface area contributed by atoms with Crippen LogP contribution in [0.5, 0.6) is 0 Å². The third-order valence-electron chi connectivity index (χ3n) is 1.94. The van der Waals surface area contributed by atoms with Gasteiger partial charge in [0.1, 0.15) is 5.78 Å². The normalized spacial score (nSPS) is 10.2. The molecule has 1 nitrogen and oxygen atoms in total. The van der Waals surface area contributed by atoms with E-state index in [9.17, 15) is 4.79 Å². The molecule has 0 unspecified atom stereocenters. The summed E-state index contributed by atoms with van der Waals surface area (Å²) in [6, 6.07) is 0. The van der Waals surface area contributed by atoms with Gasteiger partial charge >= 0.3 is 0 Å². The van der Waals surface area contributed by atoms with Gasteiger partial charge < -0.3 is 0 Å². The van der Waals surface area contributed by atoms with Gasteiger partial charge in [-0.25, -0.2) is 0 Å². The molecular formula is C11H21O. The molecular weight excluding hydrogens is 148 g/mol. The summed E-state index contributed by atoms with van der Waals surface area (Å²) in [7, 11) is 0. The van der Waals surface area contributed by atoms with Crippen molar-refractivity contribution in [2.45, 2.75) is 58.8 Å². The van der Waals surface area contributed by atoms with Crippen molar-refractivity contribution in [3.63, 3.8) is 0 Å².